The van der Waals surface area contributed by atoms with Crippen molar-refractivity contribution >= 4 is 53.8 Å². The number of phosphoric acid groups is 3. The molecule has 12 nitrogen and oxygen atoms in total. The van der Waals surface area contributed by atoms with Gasteiger partial charge in [-0.05, 0) is 67.4 Å². The molecule has 59 heavy (non-hydrogen) atoms. The van der Waals surface area contributed by atoms with Crippen molar-refractivity contribution in [2.45, 2.75) is 157 Å². The van der Waals surface area contributed by atoms with E-state index in [2.05, 4.69) is 62.3 Å². The Morgan fingerprint density at radius 3 is 0.983 bits per heavy atom. The zero-order valence-electron chi connectivity index (χ0n) is 38.1. The lowest BCUT2D eigenvalue weighted by atomic mass is 9.80. The van der Waals surface area contributed by atoms with Crippen molar-refractivity contribution in [3.8, 4) is 17.2 Å². The second kappa shape index (κ2) is 16.3. The molecule has 0 spiro atoms. The molecule has 2 fully saturated rings. The summed E-state index contributed by atoms with van der Waals surface area (Å²) >= 11 is -6.99. The van der Waals surface area contributed by atoms with E-state index >= 15 is 0 Å². The van der Waals surface area contributed by atoms with Crippen LogP contribution in [-0.2, 0) is 67.6 Å². The van der Waals surface area contributed by atoms with Crippen LogP contribution in [0.25, 0.3) is 0 Å². The quantitative estimate of drug-likeness (QED) is 0.142. The molecule has 2 aliphatic heterocycles. The van der Waals surface area contributed by atoms with E-state index in [9.17, 15) is 13.7 Å². The molecule has 2 heterocycles. The lowest BCUT2D eigenvalue weighted by Gasteiger charge is -2.36. The summed E-state index contributed by atoms with van der Waals surface area (Å²) in [6.45, 7) is 37.1. The van der Waals surface area contributed by atoms with Gasteiger partial charge in [-0.3, -0.25) is 0 Å². The minimum atomic E-state index is -4.77. The Kier molecular flexibility index (Phi) is 13.4. The maximum absolute atomic E-state index is 14.7. The smallest absolute Gasteiger partial charge is 0.407 e. The molecule has 0 aromatic heterocycles. The summed E-state index contributed by atoms with van der Waals surface area (Å²) in [5.41, 5.74) is 3.82. The predicted octanol–water partition coefficient (Wildman–Crippen LogP) is 13.4. The van der Waals surface area contributed by atoms with Crippen molar-refractivity contribution in [3.05, 3.63) is 88.0 Å². The van der Waals surface area contributed by atoms with Crippen molar-refractivity contribution in [3.63, 3.8) is 0 Å². The van der Waals surface area contributed by atoms with Gasteiger partial charge in [0, 0.05) is 16.7 Å². The van der Waals surface area contributed by atoms with Crippen LogP contribution < -0.4 is 13.6 Å². The Morgan fingerprint density at radius 2 is 0.712 bits per heavy atom. The van der Waals surface area contributed by atoms with Gasteiger partial charge in [0.1, 0.15) is 17.2 Å². The summed E-state index contributed by atoms with van der Waals surface area (Å²) in [6, 6.07) is 16.9. The first-order valence-electron chi connectivity index (χ1n) is 19.9. The third kappa shape index (κ3) is 12.0. The van der Waals surface area contributed by atoms with E-state index in [4.69, 9.17) is 35.0 Å². The minimum Gasteiger partial charge on any atom is -0.407 e. The standard InChI is InChI=1S/3C14H23O4P.2Al/c3*1-13(2,3)10-7-8-12(18-19(15,16)17)11(9-10)14(4,5)6;;/h3*7-9H,1-6H3,(H2,15,16,17);;/q;;;2*+3/p-6. The molecule has 5 rings (SSSR count). The first kappa shape index (κ1) is 48.6. The van der Waals surface area contributed by atoms with E-state index in [-0.39, 0.29) is 32.8 Å². The minimum absolute atomic E-state index is 0.136. The van der Waals surface area contributed by atoms with Gasteiger partial charge in [0.2, 0.25) is 0 Å². The second-order valence-electron chi connectivity index (χ2n) is 21.5. The average Bonchev–Trinajstić information content (AvgIpc) is 3.00. The summed E-state index contributed by atoms with van der Waals surface area (Å²) in [7, 11) is -13.1. The normalized spacial score (nSPS) is 17.6. The van der Waals surface area contributed by atoms with Gasteiger partial charge in [0.05, 0.1) is 0 Å². The highest BCUT2D eigenvalue weighted by atomic mass is 31.2. The van der Waals surface area contributed by atoms with Crippen LogP contribution in [0.15, 0.2) is 54.6 Å². The molecule has 0 amide bonds. The van der Waals surface area contributed by atoms with Gasteiger partial charge in [-0.15, -0.1) is 0 Å². The fourth-order valence-corrected chi connectivity index (χ4v) is 16.3. The zero-order valence-corrected chi connectivity index (χ0v) is 43.1. The van der Waals surface area contributed by atoms with E-state index < -0.39 is 59.2 Å². The molecule has 3 aromatic rings. The van der Waals surface area contributed by atoms with E-state index in [0.717, 1.165) is 33.4 Å². The fraction of sp³-hybridized carbons (Fsp3) is 0.571. The van der Waals surface area contributed by atoms with Crippen LogP contribution in [0.5, 0.6) is 17.2 Å². The van der Waals surface area contributed by atoms with Gasteiger partial charge in [-0.2, -0.15) is 0 Å². The highest BCUT2D eigenvalue weighted by Crippen LogP contribution is 2.66. The van der Waals surface area contributed by atoms with Gasteiger partial charge in [-0.25, -0.2) is 13.7 Å². The van der Waals surface area contributed by atoms with Crippen molar-refractivity contribution in [1.29, 1.82) is 0 Å². The highest BCUT2D eigenvalue weighted by Gasteiger charge is 2.67. The van der Waals surface area contributed by atoms with Crippen molar-refractivity contribution < 1.29 is 48.7 Å². The van der Waals surface area contributed by atoms with E-state index in [1.165, 1.54) is 0 Å². The van der Waals surface area contributed by atoms with Gasteiger partial charge in [0.15, 0.2) is 0 Å². The summed E-state index contributed by atoms with van der Waals surface area (Å²) in [5, 5.41) is 0. The predicted molar refractivity (Wildman–Crippen MR) is 234 cm³/mol. The lowest BCUT2D eigenvalue weighted by Crippen LogP contribution is -2.40. The van der Waals surface area contributed by atoms with Crippen molar-refractivity contribution in [1.82, 2.24) is 0 Å². The molecule has 3 aromatic carbocycles. The van der Waals surface area contributed by atoms with Crippen LogP contribution in [0.4, 0.5) is 0 Å². The molecular formula is C42H63Al2O12P3. The number of hydrogen-bond donors (Lipinski definition) is 0. The van der Waals surface area contributed by atoms with Crippen LogP contribution >= 0.6 is 23.5 Å². The maximum Gasteiger partial charge on any atom is 0.933 e. The van der Waals surface area contributed by atoms with E-state index in [1.54, 1.807) is 18.2 Å². The Morgan fingerprint density at radius 1 is 0.441 bits per heavy atom. The van der Waals surface area contributed by atoms with Crippen LogP contribution in [-0.4, -0.2) is 30.3 Å². The van der Waals surface area contributed by atoms with Gasteiger partial charge < -0.3 is 35.0 Å². The van der Waals surface area contributed by atoms with Gasteiger partial charge in [-0.1, -0.05) is 161 Å². The van der Waals surface area contributed by atoms with Gasteiger partial charge >= 0.3 is 53.8 Å². The van der Waals surface area contributed by atoms with Gasteiger partial charge in [0.25, 0.3) is 0 Å². The van der Waals surface area contributed by atoms with Crippen LogP contribution in [0.3, 0.4) is 0 Å². The Hall–Kier alpha value is -1.43. The largest absolute Gasteiger partial charge is 0.933 e. The molecule has 2 aliphatic rings. The van der Waals surface area contributed by atoms with Crippen molar-refractivity contribution in [2.75, 3.05) is 0 Å². The zero-order chi connectivity index (χ0) is 44.6. The molecule has 0 radical (unpaired) electrons. The Bertz CT molecular complexity index is 2070. The SMILES string of the molecule is CC(C)(C)c1ccc(OP2(=O)[O][Al]([O]P(=O)(Oc3ccc(C(C)(C)C)cc3C(C)(C)C)[O][Al]3[O]P(=O)(Oc4ccc(C(C)(C)C)cc4C(C)(C)C)[O]3)[O]2)c(C(C)(C)C)c1. The molecular weight excluding hydrogens is 843 g/mol. The van der Waals surface area contributed by atoms with Crippen LogP contribution in [0, 0.1) is 0 Å². The first-order valence-corrected chi connectivity index (χ1v) is 27.1. The highest BCUT2D eigenvalue weighted by molar-refractivity contribution is 7.58. The summed E-state index contributed by atoms with van der Waals surface area (Å²) in [4.78, 5) is 0. The Balaban J connectivity index is 1.40. The first-order chi connectivity index (χ1) is 26.5. The van der Waals surface area contributed by atoms with Crippen LogP contribution in [0.1, 0.15) is 158 Å². The summed E-state index contributed by atoms with van der Waals surface area (Å²) in [5.74, 6) is 0.859. The molecule has 0 aliphatic carbocycles. The number of hydrogen-bond acceptors (Lipinski definition) is 12. The maximum atomic E-state index is 14.7. The number of benzene rings is 3. The van der Waals surface area contributed by atoms with Crippen molar-refractivity contribution in [2.24, 2.45) is 0 Å². The molecule has 0 unspecified atom stereocenters. The average molecular weight is 907 g/mol. The third-order valence-corrected chi connectivity index (χ3v) is 21.5. The second-order valence-corrected chi connectivity index (χ2v) is 30.9. The molecule has 0 N–H and O–H groups in total. The summed E-state index contributed by atoms with van der Waals surface area (Å²) in [6.07, 6.45) is 0. The molecule has 324 valence electrons. The fourth-order valence-electron chi connectivity index (χ4n) is 6.23. The molecule has 0 atom stereocenters. The molecule has 0 bridgehead atoms. The summed E-state index contributed by atoms with van der Waals surface area (Å²) < 4.78 is 94.5. The lowest BCUT2D eigenvalue weighted by molar-refractivity contribution is 0.123. The monoisotopic (exact) mass is 906 g/mol. The van der Waals surface area contributed by atoms with E-state index in [1.807, 2.05) is 98.7 Å². The Labute approximate surface area is 362 Å². The third-order valence-electron chi connectivity index (χ3n) is 9.88. The topological polar surface area (TPSA) is 134 Å². The molecule has 17 heteroatoms. The molecule has 2 saturated heterocycles. The van der Waals surface area contributed by atoms with E-state index in [0.29, 0.717) is 11.5 Å². The molecule has 0 saturated carbocycles. The number of rotatable bonds is 10. The van der Waals surface area contributed by atoms with Crippen LogP contribution in [0.2, 0.25) is 0 Å².